The van der Waals surface area contributed by atoms with Gasteiger partial charge < -0.3 is 4.90 Å². The van der Waals surface area contributed by atoms with Crippen molar-refractivity contribution in [2.45, 2.75) is 6.54 Å². The molecular formula is C13H13BrN2. The molecule has 0 saturated heterocycles. The first kappa shape index (κ1) is 12.5. The van der Waals surface area contributed by atoms with Crippen molar-refractivity contribution >= 4 is 17.0 Å². The molecule has 0 bridgehead atoms. The van der Waals surface area contributed by atoms with Gasteiger partial charge in [-0.2, -0.15) is 5.26 Å². The molecule has 1 aliphatic heterocycles. The lowest BCUT2D eigenvalue weighted by Crippen LogP contribution is -2.19. The molecule has 0 spiro atoms. The Morgan fingerprint density at radius 3 is 2.56 bits per heavy atom. The summed E-state index contributed by atoms with van der Waals surface area (Å²) in [6, 6.07) is 12.5. The molecule has 0 unspecified atom stereocenters. The highest BCUT2D eigenvalue weighted by Crippen LogP contribution is 2.10. The summed E-state index contributed by atoms with van der Waals surface area (Å²) >= 11 is 0. The van der Waals surface area contributed by atoms with Crippen LogP contribution in [0.5, 0.6) is 0 Å². The Kier molecular flexibility index (Phi) is 4.81. The Morgan fingerprint density at radius 2 is 2.00 bits per heavy atom. The van der Waals surface area contributed by atoms with Crippen LogP contribution in [0.2, 0.25) is 0 Å². The number of hydrogen-bond acceptors (Lipinski definition) is 2. The molecule has 1 aromatic carbocycles. The maximum atomic E-state index is 8.68. The first-order valence-corrected chi connectivity index (χ1v) is 4.95. The number of nitriles is 1. The predicted molar refractivity (Wildman–Crippen MR) is 70.0 cm³/mol. The zero-order chi connectivity index (χ0) is 10.5. The minimum atomic E-state index is 0. The van der Waals surface area contributed by atoms with E-state index in [4.69, 9.17) is 5.26 Å². The van der Waals surface area contributed by atoms with Crippen LogP contribution in [-0.2, 0) is 6.54 Å². The Bertz CT molecular complexity index is 429. The van der Waals surface area contributed by atoms with Crippen LogP contribution in [0.15, 0.2) is 54.3 Å². The van der Waals surface area contributed by atoms with E-state index >= 15 is 0 Å². The van der Waals surface area contributed by atoms with Crippen molar-refractivity contribution in [1.82, 2.24) is 4.90 Å². The summed E-state index contributed by atoms with van der Waals surface area (Å²) in [5.41, 5.74) is 2.04. The van der Waals surface area contributed by atoms with E-state index in [9.17, 15) is 0 Å². The summed E-state index contributed by atoms with van der Waals surface area (Å²) in [6.45, 7) is 1.71. The third-order valence-corrected chi connectivity index (χ3v) is 2.37. The van der Waals surface area contributed by atoms with E-state index in [1.54, 1.807) is 0 Å². The van der Waals surface area contributed by atoms with Gasteiger partial charge in [0, 0.05) is 19.3 Å². The normalized spacial score (nSPS) is 13.7. The van der Waals surface area contributed by atoms with Gasteiger partial charge in [-0.1, -0.05) is 30.3 Å². The number of allylic oxidation sites excluding steroid dienone is 2. The van der Waals surface area contributed by atoms with Gasteiger partial charge in [0.25, 0.3) is 0 Å². The first-order valence-electron chi connectivity index (χ1n) is 4.95. The molecule has 0 amide bonds. The monoisotopic (exact) mass is 276 g/mol. The molecular weight excluding hydrogens is 264 g/mol. The Hall–Kier alpha value is -1.53. The SMILES string of the molecule is Br.N#CC1=CCN(Cc2ccccc2)C=C1. The van der Waals surface area contributed by atoms with Crippen LogP contribution in [0, 0.1) is 11.3 Å². The minimum absolute atomic E-state index is 0. The Balaban J connectivity index is 0.00000128. The third-order valence-electron chi connectivity index (χ3n) is 2.37. The van der Waals surface area contributed by atoms with E-state index in [-0.39, 0.29) is 17.0 Å². The molecule has 1 aliphatic rings. The smallest absolute Gasteiger partial charge is 0.0989 e. The van der Waals surface area contributed by atoms with Crippen LogP contribution in [0.4, 0.5) is 0 Å². The molecule has 2 rings (SSSR count). The van der Waals surface area contributed by atoms with E-state index in [0.717, 1.165) is 18.7 Å². The zero-order valence-corrected chi connectivity index (χ0v) is 10.5. The molecule has 1 aromatic rings. The van der Waals surface area contributed by atoms with Gasteiger partial charge in [0.2, 0.25) is 0 Å². The molecule has 2 nitrogen and oxygen atoms in total. The molecule has 0 aromatic heterocycles. The number of nitrogens with zero attached hydrogens (tertiary/aromatic N) is 2. The average molecular weight is 277 g/mol. The second kappa shape index (κ2) is 6.14. The van der Waals surface area contributed by atoms with Gasteiger partial charge in [-0.25, -0.2) is 0 Å². The topological polar surface area (TPSA) is 27.0 Å². The minimum Gasteiger partial charge on any atom is -0.369 e. The van der Waals surface area contributed by atoms with Gasteiger partial charge in [0.15, 0.2) is 0 Å². The first-order chi connectivity index (χ1) is 7.38. The quantitative estimate of drug-likeness (QED) is 0.830. The summed E-state index contributed by atoms with van der Waals surface area (Å²) in [4.78, 5) is 2.18. The van der Waals surface area contributed by atoms with Crippen LogP contribution < -0.4 is 0 Å². The number of hydrogen-bond donors (Lipinski definition) is 0. The van der Waals surface area contributed by atoms with Crippen LogP contribution in [0.3, 0.4) is 0 Å². The summed E-state index contributed by atoms with van der Waals surface area (Å²) in [7, 11) is 0. The lowest BCUT2D eigenvalue weighted by molar-refractivity contribution is 0.404. The van der Waals surface area contributed by atoms with Crippen LogP contribution in [0.1, 0.15) is 5.56 Å². The lowest BCUT2D eigenvalue weighted by atomic mass is 10.1. The molecule has 0 radical (unpaired) electrons. The average Bonchev–Trinajstić information content (AvgIpc) is 2.31. The van der Waals surface area contributed by atoms with Gasteiger partial charge in [0.1, 0.15) is 0 Å². The van der Waals surface area contributed by atoms with E-state index in [1.807, 2.05) is 36.6 Å². The molecule has 0 aliphatic carbocycles. The molecule has 0 saturated carbocycles. The van der Waals surface area contributed by atoms with E-state index in [0.29, 0.717) is 0 Å². The van der Waals surface area contributed by atoms with Gasteiger partial charge in [-0.3, -0.25) is 0 Å². The predicted octanol–water partition coefficient (Wildman–Crippen LogP) is 3.04. The molecule has 16 heavy (non-hydrogen) atoms. The number of rotatable bonds is 2. The van der Waals surface area contributed by atoms with Crippen LogP contribution >= 0.6 is 17.0 Å². The summed E-state index contributed by atoms with van der Waals surface area (Å²) < 4.78 is 0. The van der Waals surface area contributed by atoms with Crippen molar-refractivity contribution in [2.24, 2.45) is 0 Å². The molecule has 3 heteroatoms. The highest BCUT2D eigenvalue weighted by molar-refractivity contribution is 8.93. The second-order valence-electron chi connectivity index (χ2n) is 3.50. The molecule has 0 atom stereocenters. The molecule has 0 N–H and O–H groups in total. The summed E-state index contributed by atoms with van der Waals surface area (Å²) in [5.74, 6) is 0. The highest BCUT2D eigenvalue weighted by Gasteiger charge is 2.04. The Morgan fingerprint density at radius 1 is 1.25 bits per heavy atom. The third kappa shape index (κ3) is 3.25. The lowest BCUT2D eigenvalue weighted by Gasteiger charge is -2.21. The zero-order valence-electron chi connectivity index (χ0n) is 8.84. The Labute approximate surface area is 106 Å². The van der Waals surface area contributed by atoms with E-state index in [2.05, 4.69) is 23.1 Å². The van der Waals surface area contributed by atoms with Crippen molar-refractivity contribution in [3.8, 4) is 6.07 Å². The molecule has 0 fully saturated rings. The molecule has 1 heterocycles. The standard InChI is InChI=1S/C13H12N2.BrH/c14-10-12-6-8-15(9-7-12)11-13-4-2-1-3-5-13;/h1-8H,9,11H2;1H. The fourth-order valence-corrected chi connectivity index (χ4v) is 1.55. The van der Waals surface area contributed by atoms with Crippen molar-refractivity contribution < 1.29 is 0 Å². The van der Waals surface area contributed by atoms with Crippen molar-refractivity contribution in [3.05, 3.63) is 59.8 Å². The van der Waals surface area contributed by atoms with Crippen LogP contribution in [-0.4, -0.2) is 11.4 Å². The van der Waals surface area contributed by atoms with Gasteiger partial charge in [-0.15, -0.1) is 17.0 Å². The van der Waals surface area contributed by atoms with E-state index in [1.165, 1.54) is 5.56 Å². The highest BCUT2D eigenvalue weighted by atomic mass is 79.9. The van der Waals surface area contributed by atoms with Crippen molar-refractivity contribution in [2.75, 3.05) is 6.54 Å². The van der Waals surface area contributed by atoms with Gasteiger partial charge >= 0.3 is 0 Å². The van der Waals surface area contributed by atoms with Crippen molar-refractivity contribution in [1.29, 1.82) is 5.26 Å². The van der Waals surface area contributed by atoms with Gasteiger partial charge in [0.05, 0.1) is 11.6 Å². The van der Waals surface area contributed by atoms with Crippen molar-refractivity contribution in [3.63, 3.8) is 0 Å². The van der Waals surface area contributed by atoms with Crippen LogP contribution in [0.25, 0.3) is 0 Å². The largest absolute Gasteiger partial charge is 0.369 e. The summed E-state index contributed by atoms with van der Waals surface area (Å²) in [6.07, 6.45) is 5.78. The molecule has 82 valence electrons. The maximum absolute atomic E-state index is 8.68. The second-order valence-corrected chi connectivity index (χ2v) is 3.50. The van der Waals surface area contributed by atoms with Gasteiger partial charge in [-0.05, 0) is 17.7 Å². The number of benzene rings is 1. The number of halogens is 1. The summed E-state index contributed by atoms with van der Waals surface area (Å²) in [5, 5.41) is 8.68. The fraction of sp³-hybridized carbons (Fsp3) is 0.154. The van der Waals surface area contributed by atoms with E-state index < -0.39 is 0 Å². The maximum Gasteiger partial charge on any atom is 0.0989 e. The fourth-order valence-electron chi connectivity index (χ4n) is 1.55.